The molecule has 9 nitrogen and oxygen atoms in total. The number of rotatable bonds is 6. The summed E-state index contributed by atoms with van der Waals surface area (Å²) in [6, 6.07) is 14.4. The molecular weight excluding hydrogens is 484 g/mol. The number of aryl methyl sites for hydroxylation is 1. The van der Waals surface area contributed by atoms with Crippen molar-refractivity contribution in [3.63, 3.8) is 0 Å². The summed E-state index contributed by atoms with van der Waals surface area (Å²) in [5, 5.41) is 11.8. The molecule has 10 heteroatoms. The highest BCUT2D eigenvalue weighted by molar-refractivity contribution is 7.17. The molecule has 0 saturated heterocycles. The van der Waals surface area contributed by atoms with E-state index in [4.69, 9.17) is 13.9 Å². The first-order valence-electron chi connectivity index (χ1n) is 10.8. The molecule has 36 heavy (non-hydrogen) atoms. The van der Waals surface area contributed by atoms with Crippen LogP contribution in [0.25, 0.3) is 11.0 Å². The molecule has 2 aromatic heterocycles. The predicted octanol–water partition coefficient (Wildman–Crippen LogP) is 4.78. The van der Waals surface area contributed by atoms with Crippen LogP contribution in [0.1, 0.15) is 37.5 Å². The van der Waals surface area contributed by atoms with Crippen molar-refractivity contribution in [1.82, 2.24) is 4.98 Å². The number of aromatic nitrogens is 1. The summed E-state index contributed by atoms with van der Waals surface area (Å²) in [5.74, 6) is -2.21. The van der Waals surface area contributed by atoms with Crippen molar-refractivity contribution < 1.29 is 33.4 Å². The Balaban J connectivity index is 1.65. The van der Waals surface area contributed by atoms with E-state index < -0.39 is 29.5 Å². The van der Waals surface area contributed by atoms with Gasteiger partial charge in [-0.05, 0) is 36.8 Å². The Morgan fingerprint density at radius 3 is 2.50 bits per heavy atom. The summed E-state index contributed by atoms with van der Waals surface area (Å²) in [6.07, 6.45) is 0. The second-order valence-electron chi connectivity index (χ2n) is 7.99. The normalized spacial score (nSPS) is 15.6. The van der Waals surface area contributed by atoms with Gasteiger partial charge in [0, 0.05) is 5.39 Å². The molecule has 182 valence electrons. The van der Waals surface area contributed by atoms with Crippen LogP contribution in [0.5, 0.6) is 5.75 Å². The minimum Gasteiger partial charge on any atom is -0.503 e. The van der Waals surface area contributed by atoms with Gasteiger partial charge < -0.3 is 19.0 Å². The number of anilines is 1. The largest absolute Gasteiger partial charge is 0.503 e. The van der Waals surface area contributed by atoms with Gasteiger partial charge >= 0.3 is 5.97 Å². The van der Waals surface area contributed by atoms with Crippen molar-refractivity contribution in [2.45, 2.75) is 13.0 Å². The number of ketones is 1. The minimum absolute atomic E-state index is 0.0171. The maximum atomic E-state index is 13.7. The summed E-state index contributed by atoms with van der Waals surface area (Å²) in [4.78, 5) is 45.0. The third-order valence-corrected chi connectivity index (χ3v) is 7.03. The monoisotopic (exact) mass is 504 g/mol. The number of esters is 1. The first-order valence-corrected chi connectivity index (χ1v) is 11.6. The number of hydrogen-bond donors (Lipinski definition) is 1. The van der Waals surface area contributed by atoms with Crippen LogP contribution in [0.3, 0.4) is 0 Å². The van der Waals surface area contributed by atoms with E-state index in [1.165, 1.54) is 19.1 Å². The van der Waals surface area contributed by atoms with Crippen molar-refractivity contribution in [2.75, 3.05) is 19.1 Å². The van der Waals surface area contributed by atoms with Gasteiger partial charge in [0.25, 0.3) is 5.91 Å². The molecule has 3 heterocycles. The Morgan fingerprint density at radius 1 is 1.11 bits per heavy atom. The van der Waals surface area contributed by atoms with E-state index in [1.807, 2.05) is 6.07 Å². The van der Waals surface area contributed by atoms with Crippen molar-refractivity contribution in [1.29, 1.82) is 0 Å². The molecule has 0 aliphatic carbocycles. The van der Waals surface area contributed by atoms with E-state index in [1.54, 1.807) is 55.5 Å². The molecule has 0 bridgehead atoms. The standard InChI is InChI=1S/C26H20N2O7S/c1-13-23(25(32)34-3)36-26(27-13)28-20(14-8-10-16(33-2)11-9-14)19(22(30)24(28)31)21(29)18-12-15-6-4-5-7-17(15)35-18/h4-12,20,30H,1-3H3. The number of aliphatic hydroxyl groups excluding tert-OH is 1. The van der Waals surface area contributed by atoms with Crippen LogP contribution in [0, 0.1) is 6.92 Å². The van der Waals surface area contributed by atoms with Crippen LogP contribution in [0.4, 0.5) is 5.13 Å². The molecule has 0 fully saturated rings. The fraction of sp³-hybridized carbons (Fsp3) is 0.154. The Kier molecular flexibility index (Phi) is 5.81. The number of Topliss-reactive ketones (excluding diaryl/α,β-unsaturated/α-hetero) is 1. The lowest BCUT2D eigenvalue weighted by atomic mass is 9.95. The van der Waals surface area contributed by atoms with Gasteiger partial charge in [0.05, 0.1) is 31.5 Å². The third kappa shape index (κ3) is 3.72. The number of fused-ring (bicyclic) bond motifs is 1. The number of benzene rings is 2. The number of methoxy groups -OCH3 is 2. The zero-order chi connectivity index (χ0) is 25.6. The number of nitrogens with zero attached hydrogens (tertiary/aromatic N) is 2. The Morgan fingerprint density at radius 2 is 1.83 bits per heavy atom. The lowest BCUT2D eigenvalue weighted by Gasteiger charge is -2.24. The number of furan rings is 1. The number of carbonyl (C=O) groups is 3. The van der Waals surface area contributed by atoms with Crippen LogP contribution in [0.2, 0.25) is 0 Å². The zero-order valence-electron chi connectivity index (χ0n) is 19.5. The molecule has 5 rings (SSSR count). The third-order valence-electron chi connectivity index (χ3n) is 5.90. The summed E-state index contributed by atoms with van der Waals surface area (Å²) in [5.41, 5.74) is 1.23. The summed E-state index contributed by atoms with van der Waals surface area (Å²) in [6.45, 7) is 1.61. The fourth-order valence-electron chi connectivity index (χ4n) is 4.13. The second kappa shape index (κ2) is 8.97. The molecule has 0 spiro atoms. The van der Waals surface area contributed by atoms with Gasteiger partial charge in [0.2, 0.25) is 5.78 Å². The lowest BCUT2D eigenvalue weighted by molar-refractivity contribution is -0.117. The number of aliphatic hydroxyl groups is 1. The smallest absolute Gasteiger partial charge is 0.350 e. The number of hydrogen-bond acceptors (Lipinski definition) is 9. The highest BCUT2D eigenvalue weighted by atomic mass is 32.1. The Labute approximate surface area is 209 Å². The van der Waals surface area contributed by atoms with Crippen LogP contribution in [-0.2, 0) is 9.53 Å². The number of thiazole rings is 1. The second-order valence-corrected chi connectivity index (χ2v) is 8.97. The van der Waals surface area contributed by atoms with Crippen LogP contribution in [-0.4, -0.2) is 42.0 Å². The van der Waals surface area contributed by atoms with E-state index >= 15 is 0 Å². The maximum Gasteiger partial charge on any atom is 0.350 e. The quantitative estimate of drug-likeness (QED) is 0.294. The molecule has 4 aromatic rings. The molecule has 1 aliphatic heterocycles. The molecule has 2 aromatic carbocycles. The molecule has 0 radical (unpaired) electrons. The Bertz CT molecular complexity index is 1520. The van der Waals surface area contributed by atoms with Crippen molar-refractivity contribution in [3.8, 4) is 5.75 Å². The average Bonchev–Trinajstić information content (AvgIpc) is 3.57. The molecule has 0 saturated carbocycles. The van der Waals surface area contributed by atoms with Gasteiger partial charge in [-0.1, -0.05) is 41.7 Å². The molecular formula is C26H20N2O7S. The van der Waals surface area contributed by atoms with E-state index in [2.05, 4.69) is 4.98 Å². The maximum absolute atomic E-state index is 13.7. The first-order chi connectivity index (χ1) is 17.3. The summed E-state index contributed by atoms with van der Waals surface area (Å²) >= 11 is 0.937. The van der Waals surface area contributed by atoms with E-state index in [-0.39, 0.29) is 21.3 Å². The Hall–Kier alpha value is -4.44. The molecule has 1 N–H and O–H groups in total. The molecule has 1 amide bonds. The van der Waals surface area contributed by atoms with Gasteiger partial charge in [-0.2, -0.15) is 0 Å². The van der Waals surface area contributed by atoms with Gasteiger partial charge in [0.1, 0.15) is 16.2 Å². The number of para-hydroxylation sites is 1. The lowest BCUT2D eigenvalue weighted by Crippen LogP contribution is -2.31. The molecule has 1 atom stereocenters. The highest BCUT2D eigenvalue weighted by Gasteiger charge is 2.47. The van der Waals surface area contributed by atoms with Gasteiger partial charge in [-0.3, -0.25) is 14.5 Å². The zero-order valence-corrected chi connectivity index (χ0v) is 20.3. The molecule has 1 aliphatic rings. The molecule has 1 unspecified atom stereocenters. The van der Waals surface area contributed by atoms with E-state index in [0.29, 0.717) is 28.0 Å². The van der Waals surface area contributed by atoms with Gasteiger partial charge in [-0.15, -0.1) is 0 Å². The topological polar surface area (TPSA) is 119 Å². The number of ether oxygens (including phenoxy) is 2. The number of amides is 1. The summed E-state index contributed by atoms with van der Waals surface area (Å²) in [7, 11) is 2.77. The summed E-state index contributed by atoms with van der Waals surface area (Å²) < 4.78 is 15.8. The highest BCUT2D eigenvalue weighted by Crippen LogP contribution is 2.44. The SMILES string of the molecule is COC(=O)c1sc(N2C(=O)C(O)=C(C(=O)c3cc4ccccc4o3)C2c2ccc(OC)cc2)nc1C. The predicted molar refractivity (Wildman–Crippen MR) is 132 cm³/mol. The first kappa shape index (κ1) is 23.3. The van der Waals surface area contributed by atoms with Crippen molar-refractivity contribution >= 4 is 45.1 Å². The minimum atomic E-state index is -1.03. The van der Waals surface area contributed by atoms with Crippen LogP contribution < -0.4 is 9.64 Å². The van der Waals surface area contributed by atoms with Crippen LogP contribution >= 0.6 is 11.3 Å². The van der Waals surface area contributed by atoms with Crippen LogP contribution in [0.15, 0.2) is 70.3 Å². The van der Waals surface area contributed by atoms with Gasteiger partial charge in [-0.25, -0.2) is 9.78 Å². The van der Waals surface area contributed by atoms with E-state index in [0.717, 1.165) is 11.3 Å². The average molecular weight is 505 g/mol. The van der Waals surface area contributed by atoms with Crippen molar-refractivity contribution in [3.05, 3.63) is 87.8 Å². The van der Waals surface area contributed by atoms with Crippen molar-refractivity contribution in [2.24, 2.45) is 0 Å². The van der Waals surface area contributed by atoms with Gasteiger partial charge in [0.15, 0.2) is 16.7 Å². The fourth-order valence-corrected chi connectivity index (χ4v) is 5.14. The number of carbonyl (C=O) groups excluding carboxylic acids is 3. The van der Waals surface area contributed by atoms with E-state index in [9.17, 15) is 19.5 Å².